The van der Waals surface area contributed by atoms with Crippen LogP contribution in [-0.2, 0) is 9.59 Å². The van der Waals surface area contributed by atoms with Crippen molar-refractivity contribution < 1.29 is 14.7 Å². The Balaban J connectivity index is 2.37. The van der Waals surface area contributed by atoms with E-state index < -0.39 is 6.04 Å². The molecule has 0 saturated carbocycles. The van der Waals surface area contributed by atoms with E-state index in [0.717, 1.165) is 0 Å². The monoisotopic (exact) mass is 219 g/mol. The van der Waals surface area contributed by atoms with Crippen LogP contribution >= 0.6 is 0 Å². The zero-order chi connectivity index (χ0) is 11.7. The Labute approximate surface area is 93.5 Å². The molecule has 16 heavy (non-hydrogen) atoms. The highest BCUT2D eigenvalue weighted by molar-refractivity contribution is 5.95. The second kappa shape index (κ2) is 3.96. The van der Waals surface area contributed by atoms with Gasteiger partial charge in [-0.1, -0.05) is 12.1 Å². The number of hydrogen-bond donors (Lipinski definition) is 1. The van der Waals surface area contributed by atoms with Gasteiger partial charge in [0.05, 0.1) is 0 Å². The summed E-state index contributed by atoms with van der Waals surface area (Å²) in [6.07, 6.45) is 0.564. The molecule has 1 aromatic rings. The SMILES string of the molecule is CN1C(=O)CCC(=O)C1c1cccc(O)c1. The van der Waals surface area contributed by atoms with E-state index >= 15 is 0 Å². The molecule has 1 unspecified atom stereocenters. The van der Waals surface area contributed by atoms with Crippen LogP contribution in [0.15, 0.2) is 24.3 Å². The zero-order valence-electron chi connectivity index (χ0n) is 9.01. The molecule has 1 heterocycles. The highest BCUT2D eigenvalue weighted by Crippen LogP contribution is 2.29. The van der Waals surface area contributed by atoms with Gasteiger partial charge in [0.1, 0.15) is 11.8 Å². The van der Waals surface area contributed by atoms with Crippen molar-refractivity contribution in [2.24, 2.45) is 0 Å². The lowest BCUT2D eigenvalue weighted by molar-refractivity contribution is -0.143. The van der Waals surface area contributed by atoms with Crippen LogP contribution in [0.3, 0.4) is 0 Å². The quantitative estimate of drug-likeness (QED) is 0.773. The Kier molecular flexibility index (Phi) is 2.64. The number of carbonyl (C=O) groups is 2. The summed E-state index contributed by atoms with van der Waals surface area (Å²) in [4.78, 5) is 24.8. The summed E-state index contributed by atoms with van der Waals surface area (Å²) < 4.78 is 0. The molecular weight excluding hydrogens is 206 g/mol. The molecule has 1 aliphatic rings. The van der Waals surface area contributed by atoms with E-state index in [2.05, 4.69) is 0 Å². The number of likely N-dealkylation sites (N-methyl/N-ethyl adjacent to an activating group) is 1. The maximum Gasteiger partial charge on any atom is 0.223 e. The highest BCUT2D eigenvalue weighted by atomic mass is 16.3. The van der Waals surface area contributed by atoms with Crippen LogP contribution in [0.2, 0.25) is 0 Å². The van der Waals surface area contributed by atoms with E-state index in [0.29, 0.717) is 5.56 Å². The molecule has 1 amide bonds. The third kappa shape index (κ3) is 1.78. The van der Waals surface area contributed by atoms with Crippen LogP contribution in [0.5, 0.6) is 5.75 Å². The average Bonchev–Trinajstić information content (AvgIpc) is 2.24. The molecule has 1 N–H and O–H groups in total. The largest absolute Gasteiger partial charge is 0.508 e. The van der Waals surface area contributed by atoms with E-state index in [-0.39, 0.29) is 30.3 Å². The van der Waals surface area contributed by atoms with Crippen molar-refractivity contribution in [3.05, 3.63) is 29.8 Å². The number of nitrogens with zero attached hydrogens (tertiary/aromatic N) is 1. The Morgan fingerprint density at radius 1 is 1.31 bits per heavy atom. The van der Waals surface area contributed by atoms with Crippen molar-refractivity contribution in [3.63, 3.8) is 0 Å². The van der Waals surface area contributed by atoms with Crippen LogP contribution in [0.4, 0.5) is 0 Å². The fourth-order valence-corrected chi connectivity index (χ4v) is 2.01. The van der Waals surface area contributed by atoms with E-state index in [1.165, 1.54) is 11.0 Å². The standard InChI is InChI=1S/C12H13NO3/c1-13-11(16)6-5-10(15)12(13)8-3-2-4-9(14)7-8/h2-4,7,12,14H,5-6H2,1H3. The van der Waals surface area contributed by atoms with Gasteiger partial charge in [-0.3, -0.25) is 9.59 Å². The number of amides is 1. The number of hydrogen-bond acceptors (Lipinski definition) is 3. The summed E-state index contributed by atoms with van der Waals surface area (Å²) in [6, 6.07) is 5.94. The molecule has 0 spiro atoms. The minimum absolute atomic E-state index is 0.0210. The number of phenols is 1. The smallest absolute Gasteiger partial charge is 0.223 e. The molecule has 1 saturated heterocycles. The fraction of sp³-hybridized carbons (Fsp3) is 0.333. The average molecular weight is 219 g/mol. The molecule has 0 radical (unpaired) electrons. The summed E-state index contributed by atoms with van der Waals surface area (Å²) in [5.74, 6) is 0.0948. The van der Waals surface area contributed by atoms with Crippen molar-refractivity contribution >= 4 is 11.7 Å². The van der Waals surface area contributed by atoms with Crippen molar-refractivity contribution in [1.29, 1.82) is 0 Å². The van der Waals surface area contributed by atoms with Crippen LogP contribution in [0, 0.1) is 0 Å². The predicted molar refractivity (Wildman–Crippen MR) is 57.9 cm³/mol. The van der Waals surface area contributed by atoms with Crippen molar-refractivity contribution in [2.75, 3.05) is 7.05 Å². The van der Waals surface area contributed by atoms with Crippen molar-refractivity contribution in [3.8, 4) is 5.75 Å². The Morgan fingerprint density at radius 3 is 2.75 bits per heavy atom. The molecule has 84 valence electrons. The fourth-order valence-electron chi connectivity index (χ4n) is 2.01. The van der Waals surface area contributed by atoms with Gasteiger partial charge in [-0.25, -0.2) is 0 Å². The van der Waals surface area contributed by atoms with Crippen molar-refractivity contribution in [2.45, 2.75) is 18.9 Å². The first kappa shape index (κ1) is 10.7. The number of carbonyl (C=O) groups excluding carboxylic acids is 2. The molecule has 1 fully saturated rings. The van der Waals surface area contributed by atoms with Crippen LogP contribution in [0.1, 0.15) is 24.4 Å². The minimum Gasteiger partial charge on any atom is -0.508 e. The van der Waals surface area contributed by atoms with Gasteiger partial charge in [0.2, 0.25) is 5.91 Å². The summed E-state index contributed by atoms with van der Waals surface area (Å²) >= 11 is 0. The lowest BCUT2D eigenvalue weighted by Gasteiger charge is -2.31. The van der Waals surface area contributed by atoms with Gasteiger partial charge in [0.25, 0.3) is 0 Å². The van der Waals surface area contributed by atoms with E-state index in [1.807, 2.05) is 0 Å². The molecule has 1 aromatic carbocycles. The molecule has 1 aliphatic heterocycles. The third-order valence-corrected chi connectivity index (χ3v) is 2.86. The Bertz CT molecular complexity index is 442. The topological polar surface area (TPSA) is 57.6 Å². The van der Waals surface area contributed by atoms with Crippen LogP contribution in [-0.4, -0.2) is 28.7 Å². The maximum atomic E-state index is 11.8. The molecular formula is C12H13NO3. The van der Waals surface area contributed by atoms with Crippen molar-refractivity contribution in [1.82, 2.24) is 4.90 Å². The minimum atomic E-state index is -0.548. The Morgan fingerprint density at radius 2 is 2.06 bits per heavy atom. The van der Waals surface area contributed by atoms with Gasteiger partial charge >= 0.3 is 0 Å². The van der Waals surface area contributed by atoms with Gasteiger partial charge in [-0.15, -0.1) is 0 Å². The summed E-state index contributed by atoms with van der Waals surface area (Å²) in [5.41, 5.74) is 0.667. The van der Waals surface area contributed by atoms with E-state index in [1.54, 1.807) is 25.2 Å². The second-order valence-corrected chi connectivity index (χ2v) is 3.97. The number of piperidine rings is 1. The normalized spacial score (nSPS) is 21.3. The number of rotatable bonds is 1. The Hall–Kier alpha value is -1.84. The number of likely N-dealkylation sites (tertiary alicyclic amines) is 1. The molecule has 0 bridgehead atoms. The first-order valence-electron chi connectivity index (χ1n) is 5.17. The lowest BCUT2D eigenvalue weighted by atomic mass is 9.94. The van der Waals surface area contributed by atoms with Gasteiger partial charge in [0, 0.05) is 19.9 Å². The lowest BCUT2D eigenvalue weighted by Crippen LogP contribution is -2.40. The van der Waals surface area contributed by atoms with Crippen LogP contribution in [0.25, 0.3) is 0 Å². The second-order valence-electron chi connectivity index (χ2n) is 3.97. The molecule has 1 atom stereocenters. The first-order chi connectivity index (χ1) is 7.59. The van der Waals surface area contributed by atoms with E-state index in [4.69, 9.17) is 0 Å². The molecule has 0 aliphatic carbocycles. The number of aromatic hydroxyl groups is 1. The van der Waals surface area contributed by atoms with Gasteiger partial charge < -0.3 is 10.0 Å². The maximum absolute atomic E-state index is 11.8. The van der Waals surface area contributed by atoms with Gasteiger partial charge in [0.15, 0.2) is 5.78 Å². The van der Waals surface area contributed by atoms with E-state index in [9.17, 15) is 14.7 Å². The molecule has 4 heteroatoms. The third-order valence-electron chi connectivity index (χ3n) is 2.86. The van der Waals surface area contributed by atoms with Gasteiger partial charge in [-0.2, -0.15) is 0 Å². The first-order valence-corrected chi connectivity index (χ1v) is 5.17. The molecule has 4 nitrogen and oxygen atoms in total. The number of Topliss-reactive ketones (excluding diaryl/α,β-unsaturated/α-hetero) is 1. The summed E-state index contributed by atoms with van der Waals surface area (Å²) in [7, 11) is 1.62. The number of benzene rings is 1. The molecule has 0 aromatic heterocycles. The number of phenolic OH excluding ortho intramolecular Hbond substituents is 1. The zero-order valence-corrected chi connectivity index (χ0v) is 9.01. The molecule has 2 rings (SSSR count). The summed E-state index contributed by atoms with van der Waals surface area (Å²) in [6.45, 7) is 0. The number of ketones is 1. The van der Waals surface area contributed by atoms with Crippen LogP contribution < -0.4 is 0 Å². The van der Waals surface area contributed by atoms with Gasteiger partial charge in [-0.05, 0) is 17.7 Å². The predicted octanol–water partition coefficient (Wildman–Crippen LogP) is 1.25. The summed E-state index contributed by atoms with van der Waals surface area (Å²) in [5, 5.41) is 9.37. The highest BCUT2D eigenvalue weighted by Gasteiger charge is 2.32.